The minimum atomic E-state index is -0.854. The van der Waals surface area contributed by atoms with Crippen molar-refractivity contribution in [3.05, 3.63) is 23.8 Å². The number of nitrogens with one attached hydrogen (secondary N) is 1. The van der Waals surface area contributed by atoms with Gasteiger partial charge in [-0.15, -0.1) is 0 Å². The average molecular weight is 349 g/mol. The molecule has 138 valence electrons. The minimum absolute atomic E-state index is 0.0834. The molecule has 1 aromatic rings. The van der Waals surface area contributed by atoms with E-state index in [9.17, 15) is 9.59 Å². The SMILES string of the molecule is CCO[C@@](C)(C(=O)Nc1ccc(OC(C)C)c(C(=O)OC)c1)C1CC1. The van der Waals surface area contributed by atoms with Crippen molar-refractivity contribution in [2.24, 2.45) is 5.92 Å². The van der Waals surface area contributed by atoms with Gasteiger partial charge in [0.25, 0.3) is 5.91 Å². The molecule has 1 aliphatic rings. The van der Waals surface area contributed by atoms with Crippen LogP contribution in [0.5, 0.6) is 5.75 Å². The summed E-state index contributed by atoms with van der Waals surface area (Å²) in [7, 11) is 1.31. The van der Waals surface area contributed by atoms with Gasteiger partial charge in [-0.2, -0.15) is 0 Å². The second-order valence-electron chi connectivity index (χ2n) is 6.64. The maximum Gasteiger partial charge on any atom is 0.341 e. The van der Waals surface area contributed by atoms with Gasteiger partial charge < -0.3 is 19.5 Å². The molecule has 1 amide bonds. The van der Waals surface area contributed by atoms with E-state index in [1.165, 1.54) is 7.11 Å². The van der Waals surface area contributed by atoms with Gasteiger partial charge in [-0.3, -0.25) is 4.79 Å². The van der Waals surface area contributed by atoms with Crippen molar-refractivity contribution in [2.75, 3.05) is 19.0 Å². The van der Waals surface area contributed by atoms with Crippen molar-refractivity contribution in [1.29, 1.82) is 0 Å². The lowest BCUT2D eigenvalue weighted by Crippen LogP contribution is -2.44. The van der Waals surface area contributed by atoms with Crippen LogP contribution in [0.3, 0.4) is 0 Å². The highest BCUT2D eigenvalue weighted by Crippen LogP contribution is 2.42. The second-order valence-corrected chi connectivity index (χ2v) is 6.64. The Bertz CT molecular complexity index is 639. The van der Waals surface area contributed by atoms with Gasteiger partial charge in [-0.1, -0.05) is 0 Å². The molecule has 0 radical (unpaired) electrons. The van der Waals surface area contributed by atoms with Crippen LogP contribution in [-0.2, 0) is 14.3 Å². The van der Waals surface area contributed by atoms with Crippen LogP contribution in [0.1, 0.15) is 50.9 Å². The minimum Gasteiger partial charge on any atom is -0.490 e. The third-order valence-corrected chi connectivity index (χ3v) is 4.26. The van der Waals surface area contributed by atoms with Gasteiger partial charge in [0, 0.05) is 12.3 Å². The van der Waals surface area contributed by atoms with E-state index >= 15 is 0 Å². The number of esters is 1. The van der Waals surface area contributed by atoms with Crippen LogP contribution in [0.25, 0.3) is 0 Å². The number of hydrogen-bond donors (Lipinski definition) is 1. The first-order valence-corrected chi connectivity index (χ1v) is 8.66. The molecular formula is C19H27NO5. The number of carbonyl (C=O) groups is 2. The van der Waals surface area contributed by atoms with Crippen LogP contribution in [-0.4, -0.2) is 37.3 Å². The van der Waals surface area contributed by atoms with Crippen molar-refractivity contribution in [1.82, 2.24) is 0 Å². The summed E-state index contributed by atoms with van der Waals surface area (Å²) in [6.07, 6.45) is 1.89. The Kier molecular flexibility index (Phi) is 6.06. The van der Waals surface area contributed by atoms with Crippen LogP contribution < -0.4 is 10.1 Å². The first-order valence-electron chi connectivity index (χ1n) is 8.66. The Morgan fingerprint density at radius 1 is 1.32 bits per heavy atom. The summed E-state index contributed by atoms with van der Waals surface area (Å²) in [5, 5.41) is 2.86. The number of hydrogen-bond acceptors (Lipinski definition) is 5. The third-order valence-electron chi connectivity index (χ3n) is 4.26. The van der Waals surface area contributed by atoms with Crippen molar-refractivity contribution < 1.29 is 23.8 Å². The molecular weight excluding hydrogens is 322 g/mol. The fraction of sp³-hybridized carbons (Fsp3) is 0.579. The van der Waals surface area contributed by atoms with Gasteiger partial charge in [0.15, 0.2) is 0 Å². The van der Waals surface area contributed by atoms with Crippen molar-refractivity contribution in [3.8, 4) is 5.75 Å². The maximum absolute atomic E-state index is 12.7. The van der Waals surface area contributed by atoms with E-state index in [1.807, 2.05) is 27.7 Å². The summed E-state index contributed by atoms with van der Waals surface area (Å²) in [5.74, 6) is -0.0580. The van der Waals surface area contributed by atoms with Crippen molar-refractivity contribution >= 4 is 17.6 Å². The van der Waals surface area contributed by atoms with E-state index in [0.717, 1.165) is 12.8 Å². The number of anilines is 1. The fourth-order valence-corrected chi connectivity index (χ4v) is 2.79. The summed E-state index contributed by atoms with van der Waals surface area (Å²) in [5.41, 5.74) is -0.0700. The molecule has 0 saturated heterocycles. The van der Waals surface area contributed by atoms with E-state index in [4.69, 9.17) is 14.2 Å². The first-order chi connectivity index (χ1) is 11.8. The lowest BCUT2D eigenvalue weighted by atomic mass is 9.98. The van der Waals surface area contributed by atoms with Crippen LogP contribution in [0.15, 0.2) is 18.2 Å². The van der Waals surface area contributed by atoms with Crippen LogP contribution in [0.4, 0.5) is 5.69 Å². The fourth-order valence-electron chi connectivity index (χ4n) is 2.79. The highest BCUT2D eigenvalue weighted by molar-refractivity contribution is 5.99. The van der Waals surface area contributed by atoms with E-state index in [2.05, 4.69) is 5.32 Å². The molecule has 1 saturated carbocycles. The number of carbonyl (C=O) groups excluding carboxylic acids is 2. The topological polar surface area (TPSA) is 73.9 Å². The third kappa shape index (κ3) is 4.51. The lowest BCUT2D eigenvalue weighted by molar-refractivity contribution is -0.141. The molecule has 1 aromatic carbocycles. The quantitative estimate of drug-likeness (QED) is 0.728. The average Bonchev–Trinajstić information content (AvgIpc) is 3.40. The molecule has 1 fully saturated rings. The van der Waals surface area contributed by atoms with Crippen molar-refractivity contribution in [3.63, 3.8) is 0 Å². The van der Waals surface area contributed by atoms with Gasteiger partial charge in [-0.05, 0) is 64.7 Å². The molecule has 2 rings (SSSR count). The zero-order chi connectivity index (χ0) is 18.6. The highest BCUT2D eigenvalue weighted by atomic mass is 16.5. The Balaban J connectivity index is 2.24. The van der Waals surface area contributed by atoms with Crippen molar-refractivity contribution in [2.45, 2.75) is 52.2 Å². The lowest BCUT2D eigenvalue weighted by Gasteiger charge is -2.28. The number of benzene rings is 1. The molecule has 0 aromatic heterocycles. The molecule has 0 bridgehead atoms. The summed E-state index contributed by atoms with van der Waals surface area (Å²) in [6, 6.07) is 4.94. The molecule has 6 nitrogen and oxygen atoms in total. The molecule has 0 spiro atoms. The van der Waals surface area contributed by atoms with Gasteiger partial charge in [0.2, 0.25) is 0 Å². The largest absolute Gasteiger partial charge is 0.490 e. The molecule has 1 N–H and O–H groups in total. The Labute approximate surface area is 148 Å². The number of amides is 1. The van der Waals surface area contributed by atoms with E-state index in [-0.39, 0.29) is 23.5 Å². The normalized spacial score (nSPS) is 16.2. The smallest absolute Gasteiger partial charge is 0.341 e. The number of ether oxygens (including phenoxy) is 3. The Morgan fingerprint density at radius 2 is 2.00 bits per heavy atom. The molecule has 0 unspecified atom stereocenters. The molecule has 6 heteroatoms. The first kappa shape index (κ1) is 19.2. The van der Waals surface area contributed by atoms with E-state index in [0.29, 0.717) is 18.0 Å². The number of methoxy groups -OCH3 is 1. The van der Waals surface area contributed by atoms with Gasteiger partial charge >= 0.3 is 5.97 Å². The predicted molar refractivity (Wildman–Crippen MR) is 94.9 cm³/mol. The Hall–Kier alpha value is -2.08. The molecule has 1 atom stereocenters. The Morgan fingerprint density at radius 3 is 2.52 bits per heavy atom. The standard InChI is InChI=1S/C19H27NO5/c1-6-24-19(4,13-7-8-13)18(22)20-14-9-10-16(25-12(2)3)15(11-14)17(21)23-5/h9-13H,6-8H2,1-5H3,(H,20,22)/t19-/m1/s1. The van der Waals surface area contributed by atoms with Crippen LogP contribution in [0.2, 0.25) is 0 Å². The predicted octanol–water partition coefficient (Wildman–Crippen LogP) is 3.40. The summed E-state index contributed by atoms with van der Waals surface area (Å²) < 4.78 is 16.2. The zero-order valence-corrected chi connectivity index (χ0v) is 15.5. The second kappa shape index (κ2) is 7.87. The van der Waals surface area contributed by atoms with E-state index < -0.39 is 11.6 Å². The van der Waals surface area contributed by atoms with E-state index in [1.54, 1.807) is 18.2 Å². The van der Waals surface area contributed by atoms with Crippen LogP contribution >= 0.6 is 0 Å². The van der Waals surface area contributed by atoms with Gasteiger partial charge in [0.05, 0.1) is 13.2 Å². The molecule has 0 heterocycles. The summed E-state index contributed by atoms with van der Waals surface area (Å²) in [4.78, 5) is 24.8. The van der Waals surface area contributed by atoms with Gasteiger partial charge in [-0.25, -0.2) is 4.79 Å². The summed E-state index contributed by atoms with van der Waals surface area (Å²) in [6.45, 7) is 7.91. The molecule has 1 aliphatic carbocycles. The van der Waals surface area contributed by atoms with Crippen LogP contribution in [0, 0.1) is 5.92 Å². The monoisotopic (exact) mass is 349 g/mol. The van der Waals surface area contributed by atoms with Gasteiger partial charge in [0.1, 0.15) is 16.9 Å². The zero-order valence-electron chi connectivity index (χ0n) is 15.5. The molecule has 25 heavy (non-hydrogen) atoms. The maximum atomic E-state index is 12.7. The summed E-state index contributed by atoms with van der Waals surface area (Å²) >= 11 is 0. The molecule has 0 aliphatic heterocycles. The number of rotatable bonds is 8. The highest BCUT2D eigenvalue weighted by Gasteiger charge is 2.48.